The van der Waals surface area contributed by atoms with Crippen molar-refractivity contribution in [1.29, 1.82) is 0 Å². The molecule has 4 fully saturated rings. The first-order valence-corrected chi connectivity index (χ1v) is 9.59. The molecule has 0 aromatic rings. The lowest BCUT2D eigenvalue weighted by Crippen LogP contribution is -2.53. The SMILES string of the molecule is O=C(NO[C@H]1CCNC1)[C@@H]1CC2(CC2)[C@H]2CN1C(=O)N2OS(=O)(=O)O. The highest BCUT2D eigenvalue weighted by Gasteiger charge is 2.65. The van der Waals surface area contributed by atoms with Gasteiger partial charge in [-0.3, -0.25) is 14.2 Å². The molecule has 25 heavy (non-hydrogen) atoms. The van der Waals surface area contributed by atoms with Crippen LogP contribution in [-0.2, 0) is 24.3 Å². The van der Waals surface area contributed by atoms with Crippen molar-refractivity contribution < 1.29 is 31.7 Å². The van der Waals surface area contributed by atoms with Crippen molar-refractivity contribution in [2.75, 3.05) is 19.6 Å². The molecule has 0 aromatic carbocycles. The predicted molar refractivity (Wildman–Crippen MR) is 80.9 cm³/mol. The quantitative estimate of drug-likeness (QED) is 0.401. The molecule has 0 unspecified atom stereocenters. The molecule has 3 atom stereocenters. The summed E-state index contributed by atoms with van der Waals surface area (Å²) < 4.78 is 35.5. The number of nitrogens with one attached hydrogen (secondary N) is 2. The Morgan fingerprint density at radius 3 is 2.76 bits per heavy atom. The number of carbonyl (C=O) groups excluding carboxylic acids is 2. The van der Waals surface area contributed by atoms with Crippen LogP contribution < -0.4 is 10.8 Å². The first kappa shape index (κ1) is 17.0. The Labute approximate surface area is 144 Å². The average molecular weight is 376 g/mol. The van der Waals surface area contributed by atoms with Crippen LogP contribution in [0, 0.1) is 5.41 Å². The molecule has 3 N–H and O–H groups in total. The number of rotatable bonds is 5. The van der Waals surface area contributed by atoms with Gasteiger partial charge in [-0.15, -0.1) is 4.28 Å². The number of amides is 3. The van der Waals surface area contributed by atoms with E-state index in [0.29, 0.717) is 18.0 Å². The molecule has 0 aromatic heterocycles. The highest BCUT2D eigenvalue weighted by Crippen LogP contribution is 2.59. The molecular formula is C13H20N4O7S. The predicted octanol–water partition coefficient (Wildman–Crippen LogP) is -1.21. The van der Waals surface area contributed by atoms with E-state index in [-0.39, 0.29) is 18.1 Å². The van der Waals surface area contributed by atoms with Crippen molar-refractivity contribution in [2.45, 2.75) is 43.9 Å². The summed E-state index contributed by atoms with van der Waals surface area (Å²) in [6.07, 6.45) is 2.62. The van der Waals surface area contributed by atoms with Crippen LogP contribution in [0.2, 0.25) is 0 Å². The Bertz CT molecular complexity index is 688. The standard InChI is InChI=1S/C13H20N4O7S/c18-11(15-23-8-1-4-14-6-8)9-5-13(2-3-13)10-7-16(9)12(19)17(10)24-25(20,21)22/h8-10,14H,1-7H2,(H,15,18)(H,20,21,22)/t8-,9-,10+/m0/s1. The topological polar surface area (TPSA) is 138 Å². The summed E-state index contributed by atoms with van der Waals surface area (Å²) in [6.45, 7) is 1.65. The Morgan fingerprint density at radius 1 is 1.40 bits per heavy atom. The van der Waals surface area contributed by atoms with Crippen molar-refractivity contribution in [3.8, 4) is 0 Å². The minimum absolute atomic E-state index is 0.108. The van der Waals surface area contributed by atoms with E-state index in [1.54, 1.807) is 0 Å². The summed E-state index contributed by atoms with van der Waals surface area (Å²) in [6, 6.07) is -1.99. The minimum Gasteiger partial charge on any atom is -0.314 e. The fraction of sp³-hybridized carbons (Fsp3) is 0.846. The van der Waals surface area contributed by atoms with Crippen molar-refractivity contribution in [3.05, 3.63) is 0 Å². The zero-order valence-corrected chi connectivity index (χ0v) is 14.2. The third kappa shape index (κ3) is 3.08. The lowest BCUT2D eigenvalue weighted by molar-refractivity contribution is -0.143. The number of hydrogen-bond acceptors (Lipinski definition) is 7. The highest BCUT2D eigenvalue weighted by molar-refractivity contribution is 7.80. The first-order chi connectivity index (χ1) is 11.8. The summed E-state index contributed by atoms with van der Waals surface area (Å²) >= 11 is 0. The van der Waals surface area contributed by atoms with Gasteiger partial charge < -0.3 is 10.2 Å². The Hall–Kier alpha value is -1.47. The molecule has 4 aliphatic rings. The third-order valence-corrected chi connectivity index (χ3v) is 5.83. The van der Waals surface area contributed by atoms with E-state index in [0.717, 1.165) is 25.8 Å². The van der Waals surface area contributed by atoms with Crippen molar-refractivity contribution in [1.82, 2.24) is 20.8 Å². The van der Waals surface area contributed by atoms with Gasteiger partial charge in [0.2, 0.25) is 0 Å². The van der Waals surface area contributed by atoms with Gasteiger partial charge >= 0.3 is 16.4 Å². The van der Waals surface area contributed by atoms with E-state index in [2.05, 4.69) is 15.1 Å². The van der Waals surface area contributed by atoms with Gasteiger partial charge in [0.1, 0.15) is 6.04 Å². The van der Waals surface area contributed by atoms with Gasteiger partial charge in [-0.05, 0) is 37.6 Å². The molecule has 0 radical (unpaired) electrons. The second-order valence-corrected chi connectivity index (χ2v) is 8.06. The van der Waals surface area contributed by atoms with Gasteiger partial charge in [-0.2, -0.15) is 13.5 Å². The fourth-order valence-electron chi connectivity index (χ4n) is 3.99. The normalized spacial score (nSPS) is 33.2. The fourth-order valence-corrected chi connectivity index (χ4v) is 4.36. The summed E-state index contributed by atoms with van der Waals surface area (Å²) in [5.74, 6) is -0.432. The molecule has 1 spiro atoms. The number of urea groups is 1. The number of fused-ring (bicyclic) bond motifs is 3. The lowest BCUT2D eigenvalue weighted by atomic mass is 9.85. The van der Waals surface area contributed by atoms with Crippen LogP contribution in [-0.4, -0.2) is 72.7 Å². The number of piperidine rings is 1. The van der Waals surface area contributed by atoms with Crippen LogP contribution >= 0.6 is 0 Å². The molecule has 3 heterocycles. The van der Waals surface area contributed by atoms with E-state index in [1.807, 2.05) is 0 Å². The van der Waals surface area contributed by atoms with Gasteiger partial charge in [0.05, 0.1) is 12.1 Å². The minimum atomic E-state index is -4.81. The molecule has 4 rings (SSSR count). The zero-order chi connectivity index (χ0) is 17.8. The number of nitrogens with zero attached hydrogens (tertiary/aromatic N) is 2. The Kier molecular flexibility index (Phi) is 3.92. The summed E-state index contributed by atoms with van der Waals surface area (Å²) in [5, 5.41) is 3.81. The van der Waals surface area contributed by atoms with E-state index < -0.39 is 34.4 Å². The van der Waals surface area contributed by atoms with Crippen LogP contribution in [0.15, 0.2) is 0 Å². The number of carbonyl (C=O) groups is 2. The molecular weight excluding hydrogens is 356 g/mol. The summed E-state index contributed by atoms with van der Waals surface area (Å²) in [4.78, 5) is 31.6. The maximum absolute atomic E-state index is 12.5. The number of hydroxylamine groups is 3. The smallest absolute Gasteiger partial charge is 0.314 e. The summed E-state index contributed by atoms with van der Waals surface area (Å²) in [7, 11) is -4.81. The average Bonchev–Trinajstić information content (AvgIpc) is 3.01. The van der Waals surface area contributed by atoms with E-state index in [4.69, 9.17) is 9.39 Å². The van der Waals surface area contributed by atoms with Crippen LogP contribution in [0.4, 0.5) is 4.79 Å². The molecule has 140 valence electrons. The van der Waals surface area contributed by atoms with E-state index >= 15 is 0 Å². The molecule has 1 aliphatic carbocycles. The zero-order valence-electron chi connectivity index (χ0n) is 13.4. The van der Waals surface area contributed by atoms with Crippen LogP contribution in [0.25, 0.3) is 0 Å². The Morgan fingerprint density at radius 2 is 2.16 bits per heavy atom. The van der Waals surface area contributed by atoms with Gasteiger partial charge in [-0.25, -0.2) is 10.3 Å². The maximum Gasteiger partial charge on any atom is 0.418 e. The van der Waals surface area contributed by atoms with Crippen LogP contribution in [0.3, 0.4) is 0 Å². The van der Waals surface area contributed by atoms with Gasteiger partial charge in [0, 0.05) is 13.1 Å². The van der Waals surface area contributed by atoms with Crippen LogP contribution in [0.5, 0.6) is 0 Å². The summed E-state index contributed by atoms with van der Waals surface area (Å²) in [5.41, 5.74) is 2.07. The highest BCUT2D eigenvalue weighted by atomic mass is 32.3. The van der Waals surface area contributed by atoms with Gasteiger partial charge in [0.15, 0.2) is 0 Å². The molecule has 12 heteroatoms. The van der Waals surface area contributed by atoms with Gasteiger partial charge in [-0.1, -0.05) is 0 Å². The van der Waals surface area contributed by atoms with E-state index in [9.17, 15) is 18.0 Å². The maximum atomic E-state index is 12.5. The molecule has 3 aliphatic heterocycles. The van der Waals surface area contributed by atoms with Crippen molar-refractivity contribution in [2.24, 2.45) is 5.41 Å². The van der Waals surface area contributed by atoms with Crippen molar-refractivity contribution >= 4 is 22.3 Å². The third-order valence-electron chi connectivity index (χ3n) is 5.48. The molecule has 11 nitrogen and oxygen atoms in total. The molecule has 2 bridgehead atoms. The Balaban J connectivity index is 1.48. The van der Waals surface area contributed by atoms with Crippen LogP contribution in [0.1, 0.15) is 25.7 Å². The monoisotopic (exact) mass is 376 g/mol. The lowest BCUT2D eigenvalue weighted by Gasteiger charge is -2.35. The van der Waals surface area contributed by atoms with Gasteiger partial charge in [0.25, 0.3) is 5.91 Å². The molecule has 3 saturated heterocycles. The van der Waals surface area contributed by atoms with Crippen molar-refractivity contribution in [3.63, 3.8) is 0 Å². The second-order valence-electron chi connectivity index (χ2n) is 7.06. The van der Waals surface area contributed by atoms with E-state index in [1.165, 1.54) is 4.90 Å². The molecule has 1 saturated carbocycles. The largest absolute Gasteiger partial charge is 0.418 e. The second kappa shape index (κ2) is 5.77. The first-order valence-electron chi connectivity index (χ1n) is 8.22. The molecule has 3 amide bonds. The number of hydrogen-bond donors (Lipinski definition) is 3.